The summed E-state index contributed by atoms with van der Waals surface area (Å²) in [5.74, 6) is 1.66. The highest BCUT2D eigenvalue weighted by molar-refractivity contribution is 14.1. The Morgan fingerprint density at radius 2 is 2.00 bits per heavy atom. The Morgan fingerprint density at radius 3 is 2.56 bits per heavy atom. The summed E-state index contributed by atoms with van der Waals surface area (Å²) in [4.78, 5) is 4.51. The zero-order valence-corrected chi connectivity index (χ0v) is 11.8. The Balaban J connectivity index is 2.50. The Labute approximate surface area is 109 Å². The van der Waals surface area contributed by atoms with E-state index < -0.39 is 0 Å². The van der Waals surface area contributed by atoms with Crippen molar-refractivity contribution >= 4 is 22.6 Å². The molecule has 0 N–H and O–H groups in total. The number of rotatable bonds is 2. The van der Waals surface area contributed by atoms with Crippen LogP contribution >= 0.6 is 22.6 Å². The minimum atomic E-state index is 0.738. The van der Waals surface area contributed by atoms with Crippen molar-refractivity contribution in [1.82, 2.24) is 4.98 Å². The van der Waals surface area contributed by atoms with Crippen LogP contribution in [-0.2, 0) is 4.43 Å². The number of hydrogen-bond donors (Lipinski definition) is 0. The van der Waals surface area contributed by atoms with Crippen molar-refractivity contribution in [1.29, 1.82) is 0 Å². The molecule has 3 heteroatoms. The molecule has 1 heterocycles. The van der Waals surface area contributed by atoms with Gasteiger partial charge in [-0.3, -0.25) is 0 Å². The minimum Gasteiger partial charge on any atom is -0.441 e. The average molecular weight is 327 g/mol. The summed E-state index contributed by atoms with van der Waals surface area (Å²) in [7, 11) is 0. The quantitative estimate of drug-likeness (QED) is 0.610. The highest BCUT2D eigenvalue weighted by Crippen LogP contribution is 2.26. The molecule has 0 spiro atoms. The summed E-state index contributed by atoms with van der Waals surface area (Å²) in [6.45, 7) is 6.15. The largest absolute Gasteiger partial charge is 0.441 e. The number of halogens is 1. The van der Waals surface area contributed by atoms with Gasteiger partial charge in [0.1, 0.15) is 5.76 Å². The average Bonchev–Trinajstić information content (AvgIpc) is 2.59. The predicted octanol–water partition coefficient (Wildman–Crippen LogP) is 4.20. The Hall–Kier alpha value is -0.840. The molecule has 0 aliphatic heterocycles. The van der Waals surface area contributed by atoms with E-state index in [2.05, 4.69) is 59.6 Å². The molecule has 0 amide bonds. The van der Waals surface area contributed by atoms with Gasteiger partial charge in [0.05, 0.1) is 5.69 Å². The van der Waals surface area contributed by atoms with Gasteiger partial charge in [-0.25, -0.2) is 4.98 Å². The highest BCUT2D eigenvalue weighted by atomic mass is 127. The maximum Gasteiger partial charge on any atom is 0.226 e. The molecule has 2 aromatic rings. The lowest BCUT2D eigenvalue weighted by Gasteiger charge is -2.02. The third kappa shape index (κ3) is 2.14. The van der Waals surface area contributed by atoms with Gasteiger partial charge in [-0.1, -0.05) is 40.3 Å². The first kappa shape index (κ1) is 11.6. The maximum absolute atomic E-state index is 5.70. The summed E-state index contributed by atoms with van der Waals surface area (Å²) in [6, 6.07) is 6.32. The van der Waals surface area contributed by atoms with Gasteiger partial charge >= 0.3 is 0 Å². The van der Waals surface area contributed by atoms with Crippen LogP contribution in [0.4, 0.5) is 0 Å². The lowest BCUT2D eigenvalue weighted by atomic mass is 10.1. The highest BCUT2D eigenvalue weighted by Gasteiger charge is 2.11. The van der Waals surface area contributed by atoms with Gasteiger partial charge in [-0.15, -0.1) is 0 Å². The molecule has 0 fully saturated rings. The van der Waals surface area contributed by atoms with Crippen LogP contribution in [0, 0.1) is 20.8 Å². The van der Waals surface area contributed by atoms with E-state index >= 15 is 0 Å². The molecule has 84 valence electrons. The molecule has 1 aromatic carbocycles. The fourth-order valence-electron chi connectivity index (χ4n) is 1.72. The van der Waals surface area contributed by atoms with Crippen LogP contribution in [0.5, 0.6) is 0 Å². The van der Waals surface area contributed by atoms with Crippen LogP contribution < -0.4 is 0 Å². The second-order valence-electron chi connectivity index (χ2n) is 3.97. The van der Waals surface area contributed by atoms with Crippen LogP contribution in [0.15, 0.2) is 22.6 Å². The van der Waals surface area contributed by atoms with E-state index in [1.165, 1.54) is 11.1 Å². The molecule has 0 saturated heterocycles. The molecule has 0 bridgehead atoms. The lowest BCUT2D eigenvalue weighted by Crippen LogP contribution is -1.85. The molecule has 0 unspecified atom stereocenters. The third-order valence-corrected chi connectivity index (χ3v) is 3.35. The standard InChI is InChI=1S/C13H14INO/c1-8-4-5-11(9(2)6-8)13-15-12(7-14)10(3)16-13/h4-6H,7H2,1-3H3. The summed E-state index contributed by atoms with van der Waals surface area (Å²) >= 11 is 2.30. The molecule has 0 radical (unpaired) electrons. The monoisotopic (exact) mass is 327 g/mol. The first-order valence-electron chi connectivity index (χ1n) is 5.21. The van der Waals surface area contributed by atoms with Crippen molar-refractivity contribution in [2.75, 3.05) is 0 Å². The van der Waals surface area contributed by atoms with Gasteiger partial charge in [0, 0.05) is 9.99 Å². The number of benzene rings is 1. The van der Waals surface area contributed by atoms with Crippen LogP contribution in [0.2, 0.25) is 0 Å². The molecule has 1 aromatic heterocycles. The fourth-order valence-corrected chi connectivity index (χ4v) is 2.43. The number of oxazole rings is 1. The van der Waals surface area contributed by atoms with E-state index in [0.29, 0.717) is 0 Å². The van der Waals surface area contributed by atoms with E-state index in [1.807, 2.05) is 6.92 Å². The van der Waals surface area contributed by atoms with Crippen LogP contribution in [0.1, 0.15) is 22.6 Å². The van der Waals surface area contributed by atoms with E-state index in [0.717, 1.165) is 27.3 Å². The molecule has 0 saturated carbocycles. The number of alkyl halides is 1. The summed E-state index contributed by atoms with van der Waals surface area (Å²) in [5.41, 5.74) is 4.60. The summed E-state index contributed by atoms with van der Waals surface area (Å²) < 4.78 is 6.58. The van der Waals surface area contributed by atoms with Gasteiger partial charge in [0.25, 0.3) is 0 Å². The molecule has 16 heavy (non-hydrogen) atoms. The molecule has 2 rings (SSSR count). The minimum absolute atomic E-state index is 0.738. The Kier molecular flexibility index (Phi) is 3.33. The zero-order chi connectivity index (χ0) is 11.7. The molecule has 0 atom stereocenters. The van der Waals surface area contributed by atoms with Crippen molar-refractivity contribution in [2.24, 2.45) is 0 Å². The van der Waals surface area contributed by atoms with E-state index in [-0.39, 0.29) is 0 Å². The SMILES string of the molecule is Cc1ccc(-c2nc(CI)c(C)o2)c(C)c1. The van der Waals surface area contributed by atoms with Crippen LogP contribution in [0.25, 0.3) is 11.5 Å². The Morgan fingerprint density at radius 1 is 1.25 bits per heavy atom. The van der Waals surface area contributed by atoms with Gasteiger partial charge in [-0.05, 0) is 32.4 Å². The normalized spacial score (nSPS) is 10.8. The second kappa shape index (κ2) is 4.57. The topological polar surface area (TPSA) is 26.0 Å². The van der Waals surface area contributed by atoms with Gasteiger partial charge in [0.2, 0.25) is 5.89 Å². The first-order chi connectivity index (χ1) is 7.61. The lowest BCUT2D eigenvalue weighted by molar-refractivity contribution is 0.540. The van der Waals surface area contributed by atoms with E-state index in [1.54, 1.807) is 0 Å². The molecule has 2 nitrogen and oxygen atoms in total. The molecule has 0 aliphatic rings. The van der Waals surface area contributed by atoms with E-state index in [4.69, 9.17) is 4.42 Å². The van der Waals surface area contributed by atoms with Gasteiger partial charge in [0.15, 0.2) is 0 Å². The van der Waals surface area contributed by atoms with Crippen LogP contribution in [-0.4, -0.2) is 4.98 Å². The molecular weight excluding hydrogens is 313 g/mol. The number of aromatic nitrogens is 1. The number of aryl methyl sites for hydroxylation is 3. The predicted molar refractivity (Wildman–Crippen MR) is 73.9 cm³/mol. The van der Waals surface area contributed by atoms with Crippen molar-refractivity contribution in [3.8, 4) is 11.5 Å². The zero-order valence-electron chi connectivity index (χ0n) is 9.67. The fraction of sp³-hybridized carbons (Fsp3) is 0.308. The van der Waals surface area contributed by atoms with Crippen molar-refractivity contribution in [2.45, 2.75) is 25.2 Å². The van der Waals surface area contributed by atoms with Gasteiger partial charge in [-0.2, -0.15) is 0 Å². The van der Waals surface area contributed by atoms with Crippen LogP contribution in [0.3, 0.4) is 0 Å². The van der Waals surface area contributed by atoms with Gasteiger partial charge < -0.3 is 4.42 Å². The van der Waals surface area contributed by atoms with E-state index in [9.17, 15) is 0 Å². The smallest absolute Gasteiger partial charge is 0.226 e. The Bertz CT molecular complexity index is 517. The molecule has 0 aliphatic carbocycles. The van der Waals surface area contributed by atoms with Crippen molar-refractivity contribution in [3.63, 3.8) is 0 Å². The maximum atomic E-state index is 5.70. The molecular formula is C13H14INO. The number of nitrogens with zero attached hydrogens (tertiary/aromatic N) is 1. The number of hydrogen-bond acceptors (Lipinski definition) is 2. The first-order valence-corrected chi connectivity index (χ1v) is 6.74. The summed E-state index contributed by atoms with van der Waals surface area (Å²) in [6.07, 6.45) is 0. The van der Waals surface area contributed by atoms with Crippen molar-refractivity contribution < 1.29 is 4.42 Å². The summed E-state index contributed by atoms with van der Waals surface area (Å²) in [5, 5.41) is 0. The van der Waals surface area contributed by atoms with Crippen molar-refractivity contribution in [3.05, 3.63) is 40.8 Å². The third-order valence-electron chi connectivity index (χ3n) is 2.63. The second-order valence-corrected chi connectivity index (χ2v) is 4.74.